The van der Waals surface area contributed by atoms with Gasteiger partial charge >= 0.3 is 6.18 Å². The number of alkyl halides is 3. The number of anilines is 1. The van der Waals surface area contributed by atoms with Crippen molar-refractivity contribution in [3.05, 3.63) is 51.9 Å². The highest BCUT2D eigenvalue weighted by atomic mass is 35.5. The number of aliphatic hydroxyl groups excluding tert-OH is 1. The van der Waals surface area contributed by atoms with Crippen LogP contribution in [-0.2, 0) is 12.7 Å². The molecule has 2 aliphatic rings. The quantitative estimate of drug-likeness (QED) is 0.628. The van der Waals surface area contributed by atoms with E-state index in [2.05, 4.69) is 20.2 Å². The van der Waals surface area contributed by atoms with Crippen LogP contribution in [0.4, 0.5) is 19.0 Å². The van der Waals surface area contributed by atoms with Crippen molar-refractivity contribution in [3.8, 4) is 0 Å². The third kappa shape index (κ3) is 6.05. The largest absolute Gasteiger partial charge is 0.417 e. The molecule has 35 heavy (non-hydrogen) atoms. The number of aromatic nitrogens is 2. The predicted molar refractivity (Wildman–Crippen MR) is 126 cm³/mol. The summed E-state index contributed by atoms with van der Waals surface area (Å²) in [6.07, 6.45) is -0.129. The Bertz CT molecular complexity index is 1050. The molecule has 2 aromatic rings. The summed E-state index contributed by atoms with van der Waals surface area (Å²) in [4.78, 5) is 25.8. The zero-order valence-corrected chi connectivity index (χ0v) is 20.2. The van der Waals surface area contributed by atoms with E-state index in [1.54, 1.807) is 11.8 Å². The molecule has 1 aromatic heterocycles. The number of benzene rings is 1. The average molecular weight is 512 g/mol. The first kappa shape index (κ1) is 25.7. The first-order valence-corrected chi connectivity index (χ1v) is 12.1. The Labute approximate surface area is 207 Å². The van der Waals surface area contributed by atoms with Crippen molar-refractivity contribution in [1.82, 2.24) is 19.8 Å². The number of hydrogen-bond acceptors (Lipinski definition) is 6. The van der Waals surface area contributed by atoms with Crippen molar-refractivity contribution in [1.29, 1.82) is 0 Å². The Morgan fingerprint density at radius 2 is 1.83 bits per heavy atom. The second-order valence-corrected chi connectivity index (χ2v) is 9.56. The standard InChI is InChI=1S/C24H29ClF3N5O2/c1-15-21(23(35)33-8-4-17(5-9-33)32-10-6-18(34)7-11-32)30-14-31-22(15)29-13-16-2-3-20(25)19(12-16)24(26,27)28/h2-3,12,14,17-18,34H,4-11,13H2,1H3,(H,29,30,31). The number of carbonyl (C=O) groups excluding carboxylic acids is 1. The van der Waals surface area contributed by atoms with Gasteiger partial charge in [0.15, 0.2) is 0 Å². The van der Waals surface area contributed by atoms with Crippen LogP contribution in [0.2, 0.25) is 5.02 Å². The fourth-order valence-corrected chi connectivity index (χ4v) is 4.99. The van der Waals surface area contributed by atoms with Gasteiger partial charge in [0, 0.05) is 44.3 Å². The molecule has 0 aliphatic carbocycles. The van der Waals surface area contributed by atoms with Crippen LogP contribution in [0.15, 0.2) is 24.5 Å². The van der Waals surface area contributed by atoms with Crippen molar-refractivity contribution in [3.63, 3.8) is 0 Å². The number of piperidine rings is 2. The fourth-order valence-electron chi connectivity index (χ4n) is 4.76. The van der Waals surface area contributed by atoms with E-state index in [-0.39, 0.29) is 29.3 Å². The van der Waals surface area contributed by atoms with Gasteiger partial charge in [0.05, 0.1) is 16.7 Å². The number of halogens is 4. The fraction of sp³-hybridized carbons (Fsp3) is 0.542. The van der Waals surface area contributed by atoms with Gasteiger partial charge in [-0.2, -0.15) is 13.2 Å². The third-order valence-corrected chi connectivity index (χ3v) is 7.18. The molecule has 0 bridgehead atoms. The molecule has 3 heterocycles. The highest BCUT2D eigenvalue weighted by Crippen LogP contribution is 2.35. The lowest BCUT2D eigenvalue weighted by molar-refractivity contribution is -0.137. The van der Waals surface area contributed by atoms with Crippen LogP contribution in [0, 0.1) is 6.92 Å². The molecule has 190 valence electrons. The van der Waals surface area contributed by atoms with E-state index >= 15 is 0 Å². The molecule has 2 saturated heterocycles. The Morgan fingerprint density at radius 1 is 1.14 bits per heavy atom. The lowest BCUT2D eigenvalue weighted by Crippen LogP contribution is -2.49. The molecule has 7 nitrogen and oxygen atoms in total. The molecular weight excluding hydrogens is 483 g/mol. The molecule has 4 rings (SSSR count). The van der Waals surface area contributed by atoms with Gasteiger partial charge in [-0.25, -0.2) is 9.97 Å². The van der Waals surface area contributed by atoms with Crippen LogP contribution in [-0.4, -0.2) is 69.1 Å². The molecule has 0 spiro atoms. The number of likely N-dealkylation sites (tertiary alicyclic amines) is 2. The second-order valence-electron chi connectivity index (χ2n) is 9.15. The minimum Gasteiger partial charge on any atom is -0.393 e. The summed E-state index contributed by atoms with van der Waals surface area (Å²) >= 11 is 5.70. The molecule has 1 aromatic carbocycles. The van der Waals surface area contributed by atoms with Gasteiger partial charge in [-0.05, 0) is 50.3 Å². The molecule has 0 unspecified atom stereocenters. The van der Waals surface area contributed by atoms with Crippen molar-refractivity contribution >= 4 is 23.3 Å². The van der Waals surface area contributed by atoms with Crippen molar-refractivity contribution in [2.75, 3.05) is 31.5 Å². The normalized spacial score (nSPS) is 18.6. The minimum atomic E-state index is -4.54. The van der Waals surface area contributed by atoms with Crippen LogP contribution in [0.25, 0.3) is 0 Å². The summed E-state index contributed by atoms with van der Waals surface area (Å²) in [6, 6.07) is 4.15. The van der Waals surface area contributed by atoms with E-state index in [0.29, 0.717) is 36.1 Å². The van der Waals surface area contributed by atoms with Crippen LogP contribution in [0.5, 0.6) is 0 Å². The number of nitrogens with one attached hydrogen (secondary N) is 1. The molecule has 2 aliphatic heterocycles. The van der Waals surface area contributed by atoms with Crippen molar-refractivity contribution in [2.24, 2.45) is 0 Å². The van der Waals surface area contributed by atoms with Gasteiger partial charge in [0.25, 0.3) is 5.91 Å². The van der Waals surface area contributed by atoms with Crippen LogP contribution in [0.1, 0.15) is 52.9 Å². The molecule has 2 fully saturated rings. The summed E-state index contributed by atoms with van der Waals surface area (Å²) in [7, 11) is 0. The lowest BCUT2D eigenvalue weighted by Gasteiger charge is -2.41. The minimum absolute atomic E-state index is 0.0850. The molecule has 0 radical (unpaired) electrons. The van der Waals surface area contributed by atoms with E-state index in [9.17, 15) is 23.1 Å². The maximum atomic E-state index is 13.2. The Hall–Kier alpha value is -2.43. The third-order valence-electron chi connectivity index (χ3n) is 6.85. The summed E-state index contributed by atoms with van der Waals surface area (Å²) in [5, 5.41) is 12.4. The van der Waals surface area contributed by atoms with E-state index in [1.165, 1.54) is 18.5 Å². The van der Waals surface area contributed by atoms with Crippen LogP contribution >= 0.6 is 11.6 Å². The highest BCUT2D eigenvalue weighted by molar-refractivity contribution is 6.31. The van der Waals surface area contributed by atoms with Gasteiger partial charge in [0.1, 0.15) is 17.8 Å². The van der Waals surface area contributed by atoms with E-state index in [0.717, 1.165) is 44.8 Å². The second kappa shape index (κ2) is 10.7. The van der Waals surface area contributed by atoms with Crippen LogP contribution < -0.4 is 5.32 Å². The maximum Gasteiger partial charge on any atom is 0.417 e. The Morgan fingerprint density at radius 3 is 2.49 bits per heavy atom. The average Bonchev–Trinajstić information content (AvgIpc) is 2.84. The van der Waals surface area contributed by atoms with Crippen molar-refractivity contribution < 1.29 is 23.1 Å². The monoisotopic (exact) mass is 511 g/mol. The van der Waals surface area contributed by atoms with E-state index in [4.69, 9.17) is 11.6 Å². The summed E-state index contributed by atoms with van der Waals surface area (Å²) in [6.45, 7) is 4.83. The highest BCUT2D eigenvalue weighted by Gasteiger charge is 2.33. The van der Waals surface area contributed by atoms with E-state index < -0.39 is 11.7 Å². The molecule has 11 heteroatoms. The van der Waals surface area contributed by atoms with Gasteiger partial charge in [0.2, 0.25) is 0 Å². The zero-order valence-electron chi connectivity index (χ0n) is 19.5. The molecule has 0 atom stereocenters. The maximum absolute atomic E-state index is 13.2. The molecule has 2 N–H and O–H groups in total. The number of rotatable bonds is 5. The van der Waals surface area contributed by atoms with Crippen LogP contribution in [0.3, 0.4) is 0 Å². The predicted octanol–water partition coefficient (Wildman–Crippen LogP) is 4.13. The first-order chi connectivity index (χ1) is 16.6. The number of hydrogen-bond donors (Lipinski definition) is 2. The summed E-state index contributed by atoms with van der Waals surface area (Å²) in [5.41, 5.74) is 0.335. The van der Waals surface area contributed by atoms with Gasteiger partial charge < -0.3 is 20.2 Å². The topological polar surface area (TPSA) is 81.6 Å². The first-order valence-electron chi connectivity index (χ1n) is 11.8. The lowest BCUT2D eigenvalue weighted by atomic mass is 9.98. The van der Waals surface area contributed by atoms with Crippen molar-refractivity contribution in [2.45, 2.75) is 57.5 Å². The van der Waals surface area contributed by atoms with E-state index in [1.807, 2.05) is 0 Å². The number of carbonyl (C=O) groups is 1. The SMILES string of the molecule is Cc1c(NCc2ccc(Cl)c(C(F)(F)F)c2)ncnc1C(=O)N1CCC(N2CCC(O)CC2)CC1. The van der Waals surface area contributed by atoms with Gasteiger partial charge in [-0.3, -0.25) is 4.79 Å². The molecular formula is C24H29ClF3N5O2. The summed E-state index contributed by atoms with van der Waals surface area (Å²) < 4.78 is 39.4. The van der Waals surface area contributed by atoms with Gasteiger partial charge in [-0.15, -0.1) is 0 Å². The summed E-state index contributed by atoms with van der Waals surface area (Å²) in [5.74, 6) is 0.222. The number of aliphatic hydroxyl groups is 1. The van der Waals surface area contributed by atoms with Gasteiger partial charge in [-0.1, -0.05) is 17.7 Å². The molecule has 0 saturated carbocycles. The molecule has 1 amide bonds. The zero-order chi connectivity index (χ0) is 25.2. The smallest absolute Gasteiger partial charge is 0.393 e. The number of nitrogens with zero attached hydrogens (tertiary/aromatic N) is 4. The Balaban J connectivity index is 1.38. The Kier molecular flexibility index (Phi) is 7.83. The number of amides is 1.